The molecule has 0 saturated carbocycles. The lowest BCUT2D eigenvalue weighted by Crippen LogP contribution is -2.49. The number of likely N-dealkylation sites (N-methyl/N-ethyl adjacent to an activating group) is 1. The van der Waals surface area contributed by atoms with Crippen LogP contribution in [0.15, 0.2) is 66.9 Å². The van der Waals surface area contributed by atoms with E-state index in [-0.39, 0.29) is 42.3 Å². The molecule has 0 saturated heterocycles. The van der Waals surface area contributed by atoms with Crippen molar-refractivity contribution < 1.29 is 19.0 Å². The number of amides is 1. The Hall–Kier alpha value is -3.29. The van der Waals surface area contributed by atoms with Gasteiger partial charge in [0, 0.05) is 37.3 Å². The Bertz CT molecular complexity index is 1160. The van der Waals surface area contributed by atoms with Crippen molar-refractivity contribution in [1.29, 1.82) is 0 Å². The number of halogens is 1. The number of hydrogen-bond acceptors (Lipinski definition) is 5. The monoisotopic (exact) mass is 477 g/mol. The van der Waals surface area contributed by atoms with Crippen molar-refractivity contribution in [2.24, 2.45) is 5.92 Å². The average molecular weight is 478 g/mol. The highest BCUT2D eigenvalue weighted by atomic mass is 19.1. The first-order valence-corrected chi connectivity index (χ1v) is 11.9. The van der Waals surface area contributed by atoms with Gasteiger partial charge in [0.1, 0.15) is 17.5 Å². The van der Waals surface area contributed by atoms with Gasteiger partial charge in [0.25, 0.3) is 5.91 Å². The summed E-state index contributed by atoms with van der Waals surface area (Å²) in [7, 11) is 2.04. The first-order valence-electron chi connectivity index (χ1n) is 11.9. The highest BCUT2D eigenvalue weighted by Crippen LogP contribution is 2.30. The van der Waals surface area contributed by atoms with Gasteiger partial charge in [-0.25, -0.2) is 9.37 Å². The van der Waals surface area contributed by atoms with Crippen LogP contribution < -0.4 is 4.74 Å². The standard InChI is InChI=1S/C28H32FN3O3/c1-19-15-32(20(2)18-33)28(34)25-13-23(22-10-7-11-24(29)12-22)14-30-27(25)35-26(19)17-31(3)16-21-8-5-4-6-9-21/h4-14,19-20,26,33H,15-18H2,1-3H3/t19-,20+,26-/m0/s1. The summed E-state index contributed by atoms with van der Waals surface area (Å²) in [5, 5.41) is 9.85. The number of aliphatic hydroxyl groups is 1. The lowest BCUT2D eigenvalue weighted by molar-refractivity contribution is 0.0325. The summed E-state index contributed by atoms with van der Waals surface area (Å²) in [5.41, 5.74) is 2.78. The van der Waals surface area contributed by atoms with E-state index in [1.807, 2.05) is 32.2 Å². The normalized spacial score (nSPS) is 19.0. The molecule has 4 rings (SSSR count). The highest BCUT2D eigenvalue weighted by molar-refractivity contribution is 5.98. The van der Waals surface area contributed by atoms with E-state index in [0.29, 0.717) is 29.8 Å². The van der Waals surface area contributed by atoms with Gasteiger partial charge in [0.15, 0.2) is 0 Å². The number of hydrogen-bond donors (Lipinski definition) is 1. The molecule has 3 aromatic rings. The third-order valence-electron chi connectivity index (χ3n) is 6.47. The third-order valence-corrected chi connectivity index (χ3v) is 6.47. The van der Waals surface area contributed by atoms with E-state index in [4.69, 9.17) is 4.74 Å². The lowest BCUT2D eigenvalue weighted by Gasteiger charge is -2.37. The molecule has 184 valence electrons. The number of rotatable bonds is 7. The summed E-state index contributed by atoms with van der Waals surface area (Å²) in [6.45, 7) is 5.57. The van der Waals surface area contributed by atoms with Crippen LogP contribution in [0, 0.1) is 11.7 Å². The van der Waals surface area contributed by atoms with Gasteiger partial charge >= 0.3 is 0 Å². The Morgan fingerprint density at radius 3 is 2.66 bits per heavy atom. The Morgan fingerprint density at radius 1 is 1.17 bits per heavy atom. The zero-order chi connectivity index (χ0) is 24.9. The van der Waals surface area contributed by atoms with Crippen molar-refractivity contribution in [3.05, 3.63) is 83.8 Å². The van der Waals surface area contributed by atoms with Crippen molar-refractivity contribution in [3.8, 4) is 17.0 Å². The van der Waals surface area contributed by atoms with E-state index < -0.39 is 0 Å². The van der Waals surface area contributed by atoms with E-state index in [0.717, 1.165) is 6.54 Å². The van der Waals surface area contributed by atoms with Gasteiger partial charge in [-0.05, 0) is 43.3 Å². The molecule has 0 spiro atoms. The summed E-state index contributed by atoms with van der Waals surface area (Å²) in [6, 6.07) is 17.8. The van der Waals surface area contributed by atoms with Crippen LogP contribution in [-0.2, 0) is 6.54 Å². The maximum atomic E-state index is 13.8. The largest absolute Gasteiger partial charge is 0.472 e. The molecule has 6 nitrogen and oxygen atoms in total. The zero-order valence-electron chi connectivity index (χ0n) is 20.4. The lowest BCUT2D eigenvalue weighted by atomic mass is 9.99. The molecule has 7 heteroatoms. The summed E-state index contributed by atoms with van der Waals surface area (Å²) in [4.78, 5) is 21.9. The topological polar surface area (TPSA) is 65.9 Å². The number of carbonyl (C=O) groups excluding carboxylic acids is 1. The molecule has 1 N–H and O–H groups in total. The molecule has 35 heavy (non-hydrogen) atoms. The first kappa shape index (κ1) is 24.8. The van der Waals surface area contributed by atoms with Crippen LogP contribution in [-0.4, -0.2) is 64.7 Å². The van der Waals surface area contributed by atoms with E-state index in [9.17, 15) is 14.3 Å². The van der Waals surface area contributed by atoms with Crippen molar-refractivity contribution in [2.45, 2.75) is 32.5 Å². The van der Waals surface area contributed by atoms with Gasteiger partial charge in [-0.2, -0.15) is 0 Å². The van der Waals surface area contributed by atoms with Crippen molar-refractivity contribution in [2.75, 3.05) is 26.7 Å². The molecular formula is C28H32FN3O3. The van der Waals surface area contributed by atoms with Gasteiger partial charge < -0.3 is 14.7 Å². The Kier molecular flexibility index (Phi) is 7.78. The second-order valence-corrected chi connectivity index (χ2v) is 9.39. The van der Waals surface area contributed by atoms with E-state index >= 15 is 0 Å². The zero-order valence-corrected chi connectivity index (χ0v) is 20.4. The van der Waals surface area contributed by atoms with Crippen LogP contribution in [0.2, 0.25) is 0 Å². The average Bonchev–Trinajstić information content (AvgIpc) is 2.86. The molecule has 0 bridgehead atoms. The van der Waals surface area contributed by atoms with Crippen LogP contribution in [0.25, 0.3) is 11.1 Å². The molecule has 3 atom stereocenters. The molecule has 0 unspecified atom stereocenters. The third kappa shape index (κ3) is 5.86. The second kappa shape index (κ2) is 11.0. The molecule has 0 aliphatic carbocycles. The van der Waals surface area contributed by atoms with Gasteiger partial charge in [-0.15, -0.1) is 0 Å². The van der Waals surface area contributed by atoms with Gasteiger partial charge in [-0.1, -0.05) is 49.4 Å². The maximum absolute atomic E-state index is 13.8. The van der Waals surface area contributed by atoms with Crippen molar-refractivity contribution in [3.63, 3.8) is 0 Å². The fraction of sp³-hybridized carbons (Fsp3) is 0.357. The molecule has 1 aliphatic heterocycles. The summed E-state index contributed by atoms with van der Waals surface area (Å²) in [5.74, 6) is -0.350. The fourth-order valence-electron chi connectivity index (χ4n) is 4.41. The number of aliphatic hydroxyl groups excluding tert-OH is 1. The highest BCUT2D eigenvalue weighted by Gasteiger charge is 2.34. The maximum Gasteiger partial charge on any atom is 0.259 e. The van der Waals surface area contributed by atoms with Crippen LogP contribution in [0.1, 0.15) is 29.8 Å². The van der Waals surface area contributed by atoms with Gasteiger partial charge in [0.05, 0.1) is 12.6 Å². The molecule has 0 fully saturated rings. The molecule has 1 aliphatic rings. The molecule has 2 heterocycles. The Morgan fingerprint density at radius 2 is 1.94 bits per heavy atom. The molecule has 1 amide bonds. The number of pyridine rings is 1. The number of ether oxygens (including phenoxy) is 1. The first-order chi connectivity index (χ1) is 16.9. The summed E-state index contributed by atoms with van der Waals surface area (Å²) < 4.78 is 20.2. The number of aromatic nitrogens is 1. The van der Waals surface area contributed by atoms with Crippen LogP contribution in [0.4, 0.5) is 4.39 Å². The molecule has 2 aromatic carbocycles. The Balaban J connectivity index is 1.66. The van der Waals surface area contributed by atoms with Crippen LogP contribution in [0.5, 0.6) is 5.88 Å². The number of carbonyl (C=O) groups is 1. The van der Waals surface area contributed by atoms with E-state index in [2.05, 4.69) is 28.9 Å². The summed E-state index contributed by atoms with van der Waals surface area (Å²) in [6.07, 6.45) is 1.38. The Labute approximate surface area is 206 Å². The smallest absolute Gasteiger partial charge is 0.259 e. The number of fused-ring (bicyclic) bond motifs is 1. The molecule has 1 aromatic heterocycles. The minimum absolute atomic E-state index is 0.00372. The fourth-order valence-corrected chi connectivity index (χ4v) is 4.41. The van der Waals surface area contributed by atoms with E-state index in [1.54, 1.807) is 29.3 Å². The van der Waals surface area contributed by atoms with Gasteiger partial charge in [-0.3, -0.25) is 9.69 Å². The number of nitrogens with zero attached hydrogens (tertiary/aromatic N) is 3. The minimum atomic E-state index is -0.364. The van der Waals surface area contributed by atoms with Crippen LogP contribution in [0.3, 0.4) is 0 Å². The van der Waals surface area contributed by atoms with Gasteiger partial charge in [0.2, 0.25) is 5.88 Å². The van der Waals surface area contributed by atoms with E-state index in [1.165, 1.54) is 17.7 Å². The van der Waals surface area contributed by atoms with Crippen LogP contribution >= 0.6 is 0 Å². The minimum Gasteiger partial charge on any atom is -0.472 e. The molecule has 0 radical (unpaired) electrons. The van der Waals surface area contributed by atoms with Crippen molar-refractivity contribution in [1.82, 2.24) is 14.8 Å². The van der Waals surface area contributed by atoms with Crippen molar-refractivity contribution >= 4 is 5.91 Å². The number of benzene rings is 2. The SMILES string of the molecule is C[C@H](CO)N1C[C@H](C)[C@H](CN(C)Cc2ccccc2)Oc2ncc(-c3cccc(F)c3)cc2C1=O. The quantitative estimate of drug-likeness (QED) is 0.552. The predicted octanol–water partition coefficient (Wildman–Crippen LogP) is 4.24. The second-order valence-electron chi connectivity index (χ2n) is 9.39. The molecular weight excluding hydrogens is 445 g/mol. The predicted molar refractivity (Wildman–Crippen MR) is 134 cm³/mol. The summed E-state index contributed by atoms with van der Waals surface area (Å²) >= 11 is 0.